The van der Waals surface area contributed by atoms with E-state index in [4.69, 9.17) is 4.74 Å². The van der Waals surface area contributed by atoms with E-state index in [-0.39, 0.29) is 6.85 Å². The van der Waals surface area contributed by atoms with Gasteiger partial charge in [-0.2, -0.15) is 0 Å². The zero-order valence-electron chi connectivity index (χ0n) is 28.3. The number of ether oxygens (including phenoxy) is 1. The van der Waals surface area contributed by atoms with Crippen LogP contribution in [-0.2, 0) is 0 Å². The lowest BCUT2D eigenvalue weighted by Crippen LogP contribution is -2.59. The fourth-order valence-electron chi connectivity index (χ4n) is 8.53. The van der Waals surface area contributed by atoms with Gasteiger partial charge in [-0.1, -0.05) is 127 Å². The number of hydrogen-bond acceptors (Lipinski definition) is 2. The molecule has 1 aromatic heterocycles. The van der Waals surface area contributed by atoms with Gasteiger partial charge in [0.05, 0.1) is 11.0 Å². The Labute approximate surface area is 302 Å². The summed E-state index contributed by atoms with van der Waals surface area (Å²) in [6, 6.07) is 67.9. The van der Waals surface area contributed by atoms with Crippen molar-refractivity contribution >= 4 is 51.0 Å². The van der Waals surface area contributed by atoms with Gasteiger partial charge in [0.25, 0.3) is 0 Å². The van der Waals surface area contributed by atoms with Gasteiger partial charge in [0.15, 0.2) is 0 Å². The van der Waals surface area contributed by atoms with E-state index in [2.05, 4.69) is 197 Å². The average Bonchev–Trinajstić information content (AvgIpc) is 3.55. The van der Waals surface area contributed by atoms with Crippen molar-refractivity contribution in [3.63, 3.8) is 0 Å². The van der Waals surface area contributed by atoms with Crippen molar-refractivity contribution < 1.29 is 4.74 Å². The highest BCUT2D eigenvalue weighted by Gasteiger charge is 2.43. The Balaban J connectivity index is 1.15. The largest absolute Gasteiger partial charge is 0.458 e. The SMILES string of the molecule is c1ccc(-c2ccc3c(c2)N(c2ccccc2)B2c4ccccc4Oc4cc(-c5cccc(-n6c7ccccc7c7ccccc76)c5)cc-3c42)cc1. The second kappa shape index (κ2) is 11.4. The minimum atomic E-state index is -0.0612. The van der Waals surface area contributed by atoms with Gasteiger partial charge < -0.3 is 14.1 Å². The van der Waals surface area contributed by atoms with E-state index < -0.39 is 0 Å². The molecule has 0 saturated heterocycles. The molecule has 0 fully saturated rings. The third-order valence-electron chi connectivity index (χ3n) is 10.8. The molecule has 0 aliphatic carbocycles. The second-order valence-electron chi connectivity index (χ2n) is 13.7. The first-order chi connectivity index (χ1) is 25.8. The van der Waals surface area contributed by atoms with Gasteiger partial charge in [0.2, 0.25) is 0 Å². The lowest BCUT2D eigenvalue weighted by molar-refractivity contribution is 0.487. The molecule has 3 nitrogen and oxygen atoms in total. The van der Waals surface area contributed by atoms with E-state index >= 15 is 0 Å². The van der Waals surface area contributed by atoms with E-state index in [0.29, 0.717) is 0 Å². The molecule has 11 rings (SSSR count). The van der Waals surface area contributed by atoms with Crippen molar-refractivity contribution in [1.82, 2.24) is 4.57 Å². The molecule has 9 aromatic rings. The Bertz CT molecular complexity index is 2790. The Hall–Kier alpha value is -6.78. The molecule has 0 amide bonds. The van der Waals surface area contributed by atoms with Gasteiger partial charge in [0, 0.05) is 38.9 Å². The summed E-state index contributed by atoms with van der Waals surface area (Å²) in [7, 11) is 0. The number of para-hydroxylation sites is 4. The Kier molecular flexibility index (Phi) is 6.35. The predicted molar refractivity (Wildman–Crippen MR) is 217 cm³/mol. The summed E-state index contributed by atoms with van der Waals surface area (Å²) in [5.74, 6) is 1.79. The Morgan fingerprint density at radius 1 is 0.404 bits per heavy atom. The number of hydrogen-bond donors (Lipinski definition) is 0. The molecule has 0 saturated carbocycles. The van der Waals surface area contributed by atoms with Crippen LogP contribution in [0.4, 0.5) is 11.4 Å². The van der Waals surface area contributed by atoms with Crippen LogP contribution in [0.1, 0.15) is 0 Å². The van der Waals surface area contributed by atoms with Crippen LogP contribution in [0.25, 0.3) is 60.9 Å². The first kappa shape index (κ1) is 29.0. The topological polar surface area (TPSA) is 17.4 Å². The zero-order valence-corrected chi connectivity index (χ0v) is 28.3. The number of benzene rings is 8. The number of nitrogens with zero attached hydrogens (tertiary/aromatic N) is 2. The first-order valence-electron chi connectivity index (χ1n) is 17.9. The number of rotatable bonds is 4. The Morgan fingerprint density at radius 2 is 1.04 bits per heavy atom. The molecular weight excluding hydrogens is 631 g/mol. The predicted octanol–water partition coefficient (Wildman–Crippen LogP) is 11.1. The summed E-state index contributed by atoms with van der Waals surface area (Å²) in [6.07, 6.45) is 0. The van der Waals surface area contributed by atoms with Crippen LogP contribution in [0.5, 0.6) is 11.5 Å². The average molecular weight is 663 g/mol. The fraction of sp³-hybridized carbons (Fsp3) is 0. The summed E-state index contributed by atoms with van der Waals surface area (Å²) < 4.78 is 9.25. The maximum atomic E-state index is 6.86. The van der Waals surface area contributed by atoms with Gasteiger partial charge in [-0.15, -0.1) is 0 Å². The van der Waals surface area contributed by atoms with Crippen LogP contribution in [0.3, 0.4) is 0 Å². The van der Waals surface area contributed by atoms with Gasteiger partial charge in [-0.25, -0.2) is 0 Å². The second-order valence-corrected chi connectivity index (χ2v) is 13.7. The van der Waals surface area contributed by atoms with E-state index in [1.807, 2.05) is 0 Å². The normalized spacial score (nSPS) is 12.7. The molecule has 0 N–H and O–H groups in total. The Morgan fingerprint density at radius 3 is 1.83 bits per heavy atom. The van der Waals surface area contributed by atoms with Crippen LogP contribution in [0, 0.1) is 0 Å². The highest BCUT2D eigenvalue weighted by atomic mass is 16.5. The van der Waals surface area contributed by atoms with Crippen LogP contribution in [0.15, 0.2) is 188 Å². The van der Waals surface area contributed by atoms with Crippen molar-refractivity contribution in [3.05, 3.63) is 188 Å². The smallest absolute Gasteiger partial charge is 0.336 e. The molecule has 8 aromatic carbocycles. The van der Waals surface area contributed by atoms with Crippen molar-refractivity contribution in [2.24, 2.45) is 0 Å². The van der Waals surface area contributed by atoms with Crippen LogP contribution in [0.2, 0.25) is 0 Å². The van der Waals surface area contributed by atoms with Crippen LogP contribution >= 0.6 is 0 Å². The third kappa shape index (κ3) is 4.34. The van der Waals surface area contributed by atoms with Gasteiger partial charge in [-0.3, -0.25) is 0 Å². The number of fused-ring (bicyclic) bond motifs is 7. The molecule has 242 valence electrons. The lowest BCUT2D eigenvalue weighted by Gasteiger charge is -2.42. The van der Waals surface area contributed by atoms with Crippen LogP contribution in [-0.4, -0.2) is 11.4 Å². The minimum Gasteiger partial charge on any atom is -0.458 e. The van der Waals surface area contributed by atoms with E-state index in [0.717, 1.165) is 39.5 Å². The molecule has 3 heterocycles. The molecule has 0 bridgehead atoms. The van der Waals surface area contributed by atoms with Crippen molar-refractivity contribution in [3.8, 4) is 50.6 Å². The molecule has 2 aliphatic heterocycles. The van der Waals surface area contributed by atoms with E-state index in [1.165, 1.54) is 55.2 Å². The summed E-state index contributed by atoms with van der Waals surface area (Å²) in [5, 5.41) is 2.52. The van der Waals surface area contributed by atoms with E-state index in [1.54, 1.807) is 0 Å². The first-order valence-corrected chi connectivity index (χ1v) is 17.9. The minimum absolute atomic E-state index is 0.0612. The monoisotopic (exact) mass is 662 g/mol. The molecular formula is C48H31BN2O. The van der Waals surface area contributed by atoms with Crippen LogP contribution < -0.4 is 20.5 Å². The fourth-order valence-corrected chi connectivity index (χ4v) is 8.53. The number of anilines is 2. The van der Waals surface area contributed by atoms with Crippen molar-refractivity contribution in [2.45, 2.75) is 0 Å². The van der Waals surface area contributed by atoms with Gasteiger partial charge in [-0.05, 0) is 93.9 Å². The lowest BCUT2D eigenvalue weighted by atomic mass is 9.44. The summed E-state index contributed by atoms with van der Waals surface area (Å²) in [4.78, 5) is 2.51. The van der Waals surface area contributed by atoms with E-state index in [9.17, 15) is 0 Å². The molecule has 0 atom stereocenters. The standard InChI is InChI=1S/C48H31BN2O/c1-3-14-32(15-4-1)34-26-27-40-41-29-35(33-16-13-19-37(28-33)50-43-23-10-7-20-38(43)39-21-8-11-24-44(39)50)31-47-48(41)49(42-22-9-12-25-46(42)52-47)51(45(40)30-34)36-17-5-2-6-18-36/h1-31H. The van der Waals surface area contributed by atoms with Crippen molar-refractivity contribution in [2.75, 3.05) is 4.81 Å². The van der Waals surface area contributed by atoms with Crippen molar-refractivity contribution in [1.29, 1.82) is 0 Å². The highest BCUT2D eigenvalue weighted by Crippen LogP contribution is 2.47. The molecule has 0 unspecified atom stereocenters. The summed E-state index contributed by atoms with van der Waals surface area (Å²) in [6.45, 7) is -0.0612. The molecule has 4 heteroatoms. The molecule has 52 heavy (non-hydrogen) atoms. The molecule has 0 spiro atoms. The molecule has 2 aliphatic rings. The van der Waals surface area contributed by atoms with Gasteiger partial charge >= 0.3 is 6.85 Å². The molecule has 0 radical (unpaired) electrons. The maximum Gasteiger partial charge on any atom is 0.336 e. The zero-order chi connectivity index (χ0) is 34.2. The maximum absolute atomic E-state index is 6.86. The van der Waals surface area contributed by atoms with Gasteiger partial charge in [0.1, 0.15) is 11.5 Å². The summed E-state index contributed by atoms with van der Waals surface area (Å²) in [5.41, 5.74) is 15.3. The summed E-state index contributed by atoms with van der Waals surface area (Å²) >= 11 is 0. The quantitative estimate of drug-likeness (QED) is 0.175. The highest BCUT2D eigenvalue weighted by molar-refractivity contribution is 6.92. The number of aromatic nitrogens is 1. The third-order valence-corrected chi connectivity index (χ3v) is 10.8.